The molecule has 1 aromatic rings. The Labute approximate surface area is 97.2 Å². The van der Waals surface area contributed by atoms with E-state index >= 15 is 0 Å². The van der Waals surface area contributed by atoms with Crippen LogP contribution in [-0.4, -0.2) is 18.3 Å². The van der Waals surface area contributed by atoms with E-state index in [9.17, 15) is 5.11 Å². The van der Waals surface area contributed by atoms with Crippen molar-refractivity contribution in [1.29, 1.82) is 0 Å². The molecule has 0 radical (unpaired) electrons. The summed E-state index contributed by atoms with van der Waals surface area (Å²) in [5, 5.41) is 14.0. The fourth-order valence-corrected chi connectivity index (χ4v) is 2.20. The van der Waals surface area contributed by atoms with E-state index in [-0.39, 0.29) is 0 Å². The third kappa shape index (κ3) is 1.69. The predicted octanol–water partition coefficient (Wildman–Crippen LogP) is 2.62. The first kappa shape index (κ1) is 11.1. The summed E-state index contributed by atoms with van der Waals surface area (Å²) in [7, 11) is 1.51. The summed E-state index contributed by atoms with van der Waals surface area (Å²) in [4.78, 5) is 2.72. The molecule has 1 aromatic carbocycles. The summed E-state index contributed by atoms with van der Waals surface area (Å²) in [6.07, 6.45) is -0.276. The van der Waals surface area contributed by atoms with E-state index in [1.165, 1.54) is 7.11 Å². The van der Waals surface area contributed by atoms with Crippen molar-refractivity contribution in [2.75, 3.05) is 7.11 Å². The van der Waals surface area contributed by atoms with E-state index in [1.54, 1.807) is 12.1 Å². The van der Waals surface area contributed by atoms with Gasteiger partial charge in [0.15, 0.2) is 0 Å². The quantitative estimate of drug-likeness (QED) is 0.489. The van der Waals surface area contributed by atoms with Crippen LogP contribution in [0.5, 0.6) is 5.75 Å². The standard InChI is InChI=1S/C10H10ClN3O2/c1-16-9-4-6-5(2-7(9)11)3-8(10(6)15)13-14-12/h2,4,8,10,15H,3H2,1H3/t8-,10-/m0/s1. The maximum Gasteiger partial charge on any atom is 0.137 e. The van der Waals surface area contributed by atoms with Gasteiger partial charge in [0.05, 0.1) is 24.3 Å². The van der Waals surface area contributed by atoms with Crippen molar-refractivity contribution in [3.05, 3.63) is 38.7 Å². The number of benzene rings is 1. The van der Waals surface area contributed by atoms with Gasteiger partial charge in [-0.1, -0.05) is 16.7 Å². The molecule has 0 fully saturated rings. The molecule has 16 heavy (non-hydrogen) atoms. The van der Waals surface area contributed by atoms with Gasteiger partial charge in [0, 0.05) is 4.91 Å². The number of fused-ring (bicyclic) bond motifs is 1. The van der Waals surface area contributed by atoms with Crippen molar-refractivity contribution in [3.8, 4) is 5.75 Å². The number of aliphatic hydroxyl groups is 1. The van der Waals surface area contributed by atoms with Crippen LogP contribution >= 0.6 is 11.6 Å². The molecule has 0 bridgehead atoms. The highest BCUT2D eigenvalue weighted by Gasteiger charge is 2.31. The minimum absolute atomic E-state index is 0.455. The van der Waals surface area contributed by atoms with Crippen molar-refractivity contribution in [1.82, 2.24) is 0 Å². The van der Waals surface area contributed by atoms with Crippen LogP contribution in [0, 0.1) is 0 Å². The fourth-order valence-electron chi connectivity index (χ4n) is 1.93. The van der Waals surface area contributed by atoms with Gasteiger partial charge in [-0.2, -0.15) is 0 Å². The third-order valence-corrected chi connectivity index (χ3v) is 3.02. The van der Waals surface area contributed by atoms with Gasteiger partial charge in [0.1, 0.15) is 5.75 Å². The first-order valence-corrected chi connectivity index (χ1v) is 5.13. The van der Waals surface area contributed by atoms with Gasteiger partial charge >= 0.3 is 0 Å². The number of azide groups is 1. The van der Waals surface area contributed by atoms with Crippen molar-refractivity contribution in [2.24, 2.45) is 5.11 Å². The number of rotatable bonds is 2. The molecule has 0 aromatic heterocycles. The van der Waals surface area contributed by atoms with Crippen molar-refractivity contribution in [2.45, 2.75) is 18.6 Å². The molecule has 0 amide bonds. The van der Waals surface area contributed by atoms with Crippen LogP contribution in [0.25, 0.3) is 10.4 Å². The predicted molar refractivity (Wildman–Crippen MR) is 59.6 cm³/mol. The molecule has 1 aliphatic rings. The number of hydrogen-bond acceptors (Lipinski definition) is 3. The number of hydrogen-bond donors (Lipinski definition) is 1. The van der Waals surface area contributed by atoms with Crippen LogP contribution in [0.3, 0.4) is 0 Å². The van der Waals surface area contributed by atoms with Gasteiger partial charge in [0.2, 0.25) is 0 Å². The molecule has 0 unspecified atom stereocenters. The molecule has 0 spiro atoms. The highest BCUT2D eigenvalue weighted by molar-refractivity contribution is 6.32. The largest absolute Gasteiger partial charge is 0.495 e. The Morgan fingerprint density at radius 1 is 1.62 bits per heavy atom. The van der Waals surface area contributed by atoms with Crippen molar-refractivity contribution >= 4 is 11.6 Å². The molecule has 2 rings (SSSR count). The lowest BCUT2D eigenvalue weighted by Gasteiger charge is -2.10. The molecule has 0 saturated carbocycles. The SMILES string of the molecule is COc1cc2c(cc1Cl)C[C@H](N=[N+]=[N-])[C@H]2O. The Balaban J connectivity index is 2.44. The normalized spacial score (nSPS) is 22.4. The Kier molecular flexibility index (Phi) is 2.92. The molecule has 5 nitrogen and oxygen atoms in total. The Morgan fingerprint density at radius 3 is 3.00 bits per heavy atom. The highest BCUT2D eigenvalue weighted by atomic mass is 35.5. The number of nitrogens with zero attached hydrogens (tertiary/aromatic N) is 3. The molecular weight excluding hydrogens is 230 g/mol. The van der Waals surface area contributed by atoms with Crippen LogP contribution in [0.2, 0.25) is 5.02 Å². The number of ether oxygens (including phenoxy) is 1. The monoisotopic (exact) mass is 239 g/mol. The summed E-state index contributed by atoms with van der Waals surface area (Å²) < 4.78 is 5.07. The van der Waals surface area contributed by atoms with Gasteiger partial charge in [-0.05, 0) is 35.2 Å². The second-order valence-electron chi connectivity index (χ2n) is 3.61. The van der Waals surface area contributed by atoms with Crippen LogP contribution < -0.4 is 4.74 Å². The van der Waals surface area contributed by atoms with E-state index in [0.29, 0.717) is 17.2 Å². The topological polar surface area (TPSA) is 78.2 Å². The Morgan fingerprint density at radius 2 is 2.38 bits per heavy atom. The van der Waals surface area contributed by atoms with Gasteiger partial charge in [0.25, 0.3) is 0 Å². The lowest BCUT2D eigenvalue weighted by molar-refractivity contribution is 0.159. The average molecular weight is 240 g/mol. The second-order valence-corrected chi connectivity index (χ2v) is 4.01. The van der Waals surface area contributed by atoms with E-state index in [2.05, 4.69) is 10.0 Å². The van der Waals surface area contributed by atoms with Gasteiger partial charge in [-0.25, -0.2) is 0 Å². The Hall–Kier alpha value is -1.42. The first-order chi connectivity index (χ1) is 7.67. The molecule has 0 saturated heterocycles. The van der Waals surface area contributed by atoms with Gasteiger partial charge < -0.3 is 9.84 Å². The Bertz CT molecular complexity index is 471. The summed E-state index contributed by atoms with van der Waals surface area (Å²) in [5.41, 5.74) is 10.00. The number of aliphatic hydroxyl groups excluding tert-OH is 1. The molecule has 0 aliphatic heterocycles. The molecular formula is C10H10ClN3O2. The van der Waals surface area contributed by atoms with Crippen molar-refractivity contribution < 1.29 is 9.84 Å². The summed E-state index contributed by atoms with van der Waals surface area (Å²) in [6, 6.07) is 2.98. The smallest absolute Gasteiger partial charge is 0.137 e. The average Bonchev–Trinajstić information content (AvgIpc) is 2.55. The van der Waals surface area contributed by atoms with Crippen molar-refractivity contribution in [3.63, 3.8) is 0 Å². The lowest BCUT2D eigenvalue weighted by atomic mass is 10.1. The molecule has 0 heterocycles. The second kappa shape index (κ2) is 4.22. The zero-order chi connectivity index (χ0) is 11.7. The molecule has 1 aliphatic carbocycles. The molecule has 84 valence electrons. The summed E-state index contributed by atoms with van der Waals surface area (Å²) >= 11 is 5.97. The van der Waals surface area contributed by atoms with E-state index in [0.717, 1.165) is 11.1 Å². The van der Waals surface area contributed by atoms with Crippen LogP contribution in [0.4, 0.5) is 0 Å². The zero-order valence-electron chi connectivity index (χ0n) is 8.59. The van der Waals surface area contributed by atoms with Gasteiger partial charge in [-0.15, -0.1) is 0 Å². The highest BCUT2D eigenvalue weighted by Crippen LogP contribution is 2.39. The van der Waals surface area contributed by atoms with Gasteiger partial charge in [-0.3, -0.25) is 0 Å². The minimum atomic E-state index is -0.780. The summed E-state index contributed by atoms with van der Waals surface area (Å²) in [6.45, 7) is 0. The third-order valence-electron chi connectivity index (χ3n) is 2.73. The maximum absolute atomic E-state index is 9.92. The molecule has 6 heteroatoms. The fraction of sp³-hybridized carbons (Fsp3) is 0.400. The van der Waals surface area contributed by atoms with E-state index in [4.69, 9.17) is 21.9 Å². The molecule has 1 N–H and O–H groups in total. The summed E-state index contributed by atoms with van der Waals surface area (Å²) in [5.74, 6) is 0.515. The first-order valence-electron chi connectivity index (χ1n) is 4.76. The lowest BCUT2D eigenvalue weighted by Crippen LogP contribution is -2.09. The zero-order valence-corrected chi connectivity index (χ0v) is 9.35. The number of halogens is 1. The van der Waals surface area contributed by atoms with E-state index in [1.807, 2.05) is 0 Å². The number of methoxy groups -OCH3 is 1. The van der Waals surface area contributed by atoms with E-state index < -0.39 is 12.1 Å². The minimum Gasteiger partial charge on any atom is -0.495 e. The molecule has 2 atom stereocenters. The van der Waals surface area contributed by atoms with Crippen LogP contribution in [0.15, 0.2) is 17.2 Å². The maximum atomic E-state index is 9.92. The van der Waals surface area contributed by atoms with Crippen LogP contribution in [-0.2, 0) is 6.42 Å². The van der Waals surface area contributed by atoms with Crippen LogP contribution in [0.1, 0.15) is 17.2 Å².